The predicted molar refractivity (Wildman–Crippen MR) is 215 cm³/mol. The minimum atomic E-state index is -1.35. The van der Waals surface area contributed by atoms with Gasteiger partial charge in [0.05, 0.1) is 37.5 Å². The number of urea groups is 1. The zero-order valence-corrected chi connectivity index (χ0v) is 33.8. The summed E-state index contributed by atoms with van der Waals surface area (Å²) in [6.07, 6.45) is 1.32. The van der Waals surface area contributed by atoms with Crippen LogP contribution in [0.25, 0.3) is 5.52 Å². The van der Waals surface area contributed by atoms with Gasteiger partial charge in [-0.2, -0.15) is 0 Å². The predicted octanol–water partition coefficient (Wildman–Crippen LogP) is 4.30. The number of benzene rings is 2. The number of carbonyl (C=O) groups excluding carboxylic acids is 3. The van der Waals surface area contributed by atoms with Crippen LogP contribution in [-0.2, 0) is 29.1 Å². The van der Waals surface area contributed by atoms with Crippen molar-refractivity contribution in [1.82, 2.24) is 40.3 Å². The molecule has 1 saturated heterocycles. The van der Waals surface area contributed by atoms with Crippen LogP contribution in [0.3, 0.4) is 0 Å². The number of aromatic nitrogens is 2. The SMILES string of the molecule is COc1ccc(CN(C[C@H](O)[C@H](Cc2ccccc2)NC(=O)[C@@H](N2CCN(Cc3ncc4ccccn34)C2=O)C(C)(C)C)NC(=O)[C@@H](NC(=O)O)C(C)(C)C)cc1. The highest BCUT2D eigenvalue weighted by atomic mass is 16.5. The lowest BCUT2D eigenvalue weighted by molar-refractivity contribution is -0.133. The Kier molecular flexibility index (Phi) is 13.5. The molecule has 1 fully saturated rings. The first-order chi connectivity index (χ1) is 26.9. The molecule has 0 aliphatic carbocycles. The molecule has 15 nitrogen and oxygen atoms in total. The number of carbonyl (C=O) groups is 4. The van der Waals surface area contributed by atoms with E-state index in [0.29, 0.717) is 24.7 Å². The normalized spacial score (nSPS) is 15.6. The Morgan fingerprint density at radius 1 is 0.877 bits per heavy atom. The molecule has 1 aliphatic heterocycles. The summed E-state index contributed by atoms with van der Waals surface area (Å²) in [7, 11) is 1.56. The first-order valence-electron chi connectivity index (χ1n) is 19.1. The van der Waals surface area contributed by atoms with Crippen molar-refractivity contribution in [2.45, 2.75) is 85.3 Å². The van der Waals surface area contributed by atoms with Crippen LogP contribution in [0.2, 0.25) is 0 Å². The Bertz CT molecular complexity index is 1990. The van der Waals surface area contributed by atoms with Gasteiger partial charge in [-0.3, -0.25) is 15.0 Å². The zero-order valence-electron chi connectivity index (χ0n) is 33.8. The Balaban J connectivity index is 1.39. The molecule has 5 N–H and O–H groups in total. The minimum Gasteiger partial charge on any atom is -0.497 e. The Morgan fingerprint density at radius 3 is 2.19 bits per heavy atom. The zero-order chi connectivity index (χ0) is 41.5. The third-order valence-electron chi connectivity index (χ3n) is 10.0. The highest BCUT2D eigenvalue weighted by Gasteiger charge is 2.44. The number of hydrogen-bond acceptors (Lipinski definition) is 8. The van der Waals surface area contributed by atoms with E-state index in [1.54, 1.807) is 56.0 Å². The van der Waals surface area contributed by atoms with Crippen LogP contribution in [0.15, 0.2) is 85.2 Å². The molecular formula is C42H56N8O7. The molecule has 306 valence electrons. The van der Waals surface area contributed by atoms with Crippen LogP contribution < -0.4 is 20.8 Å². The van der Waals surface area contributed by atoms with Gasteiger partial charge in [0.25, 0.3) is 5.91 Å². The summed E-state index contributed by atoms with van der Waals surface area (Å²) < 4.78 is 7.24. The van der Waals surface area contributed by atoms with Gasteiger partial charge in [0, 0.05) is 32.4 Å². The molecular weight excluding hydrogens is 729 g/mol. The largest absolute Gasteiger partial charge is 0.497 e. The number of imidazole rings is 1. The van der Waals surface area contributed by atoms with Gasteiger partial charge in [0.2, 0.25) is 5.91 Å². The average Bonchev–Trinajstić information content (AvgIpc) is 3.72. The maximum Gasteiger partial charge on any atom is 0.405 e. The van der Waals surface area contributed by atoms with E-state index in [2.05, 4.69) is 21.0 Å². The summed E-state index contributed by atoms with van der Waals surface area (Å²) in [6.45, 7) is 11.9. The van der Waals surface area contributed by atoms with Crippen LogP contribution in [0.5, 0.6) is 5.75 Å². The topological polar surface area (TPSA) is 181 Å². The van der Waals surface area contributed by atoms with Crippen molar-refractivity contribution in [3.05, 3.63) is 102 Å². The second-order valence-electron chi connectivity index (χ2n) is 16.7. The van der Waals surface area contributed by atoms with Gasteiger partial charge in [-0.25, -0.2) is 19.6 Å². The Labute approximate surface area is 334 Å². The first-order valence-corrected chi connectivity index (χ1v) is 19.1. The first kappa shape index (κ1) is 42.5. The molecule has 57 heavy (non-hydrogen) atoms. The molecule has 2 aromatic carbocycles. The average molecular weight is 785 g/mol. The van der Waals surface area contributed by atoms with Gasteiger partial charge in [-0.1, -0.05) is 90.1 Å². The van der Waals surface area contributed by atoms with E-state index in [1.807, 2.05) is 92.0 Å². The van der Waals surface area contributed by atoms with E-state index >= 15 is 0 Å². The molecule has 4 atom stereocenters. The number of fused-ring (bicyclic) bond motifs is 1. The smallest absolute Gasteiger partial charge is 0.405 e. The van der Waals surface area contributed by atoms with E-state index in [4.69, 9.17) is 4.74 Å². The molecule has 0 radical (unpaired) electrons. The van der Waals surface area contributed by atoms with E-state index in [-0.39, 0.29) is 32.1 Å². The van der Waals surface area contributed by atoms with E-state index in [0.717, 1.165) is 16.6 Å². The quantitative estimate of drug-likeness (QED) is 0.104. The summed E-state index contributed by atoms with van der Waals surface area (Å²) in [5.74, 6) is 0.319. The third-order valence-corrected chi connectivity index (χ3v) is 10.0. The number of nitrogens with zero attached hydrogens (tertiary/aromatic N) is 5. The van der Waals surface area contributed by atoms with Crippen molar-refractivity contribution in [1.29, 1.82) is 0 Å². The number of amides is 5. The van der Waals surface area contributed by atoms with Crippen molar-refractivity contribution in [2.75, 3.05) is 26.7 Å². The monoisotopic (exact) mass is 784 g/mol. The molecule has 5 rings (SSSR count). The van der Waals surface area contributed by atoms with Crippen LogP contribution in [0.4, 0.5) is 9.59 Å². The second kappa shape index (κ2) is 18.1. The van der Waals surface area contributed by atoms with Crippen LogP contribution >= 0.6 is 0 Å². The number of aliphatic hydroxyl groups excluding tert-OH is 1. The number of hydrogen-bond donors (Lipinski definition) is 5. The molecule has 2 aromatic heterocycles. The number of rotatable bonds is 16. The van der Waals surface area contributed by atoms with Gasteiger partial charge in [0.15, 0.2) is 0 Å². The molecule has 15 heteroatoms. The summed E-state index contributed by atoms with van der Waals surface area (Å²) in [5, 5.41) is 28.5. The van der Waals surface area contributed by atoms with Gasteiger partial charge in [-0.05, 0) is 52.6 Å². The molecule has 0 spiro atoms. The van der Waals surface area contributed by atoms with Crippen LogP contribution in [0.1, 0.15) is 58.5 Å². The summed E-state index contributed by atoms with van der Waals surface area (Å²) in [4.78, 5) is 61.8. The van der Waals surface area contributed by atoms with Gasteiger partial charge < -0.3 is 39.8 Å². The lowest BCUT2D eigenvalue weighted by atomic mass is 9.84. The lowest BCUT2D eigenvalue weighted by Crippen LogP contribution is -2.61. The van der Waals surface area contributed by atoms with Gasteiger partial charge in [0.1, 0.15) is 23.7 Å². The fraction of sp³-hybridized carbons (Fsp3) is 0.452. The standard InChI is InChI=1S/C42H56N8O7/c1-41(2,3)35(45-39(54)55)37(52)46-48(25-29-16-18-31(57-7)19-17-29)26-33(51)32(23-28-13-9-8-10-14-28)44-38(53)36(42(4,5)6)50-22-21-47(40(50)56)27-34-43-24-30-15-11-12-20-49(30)34/h8-20,24,32-33,35-36,45,51H,21-23,25-27H2,1-7H3,(H,44,53)(H,46,52)(H,54,55)/t32-,33-,35+,36+/m0/s1. The summed E-state index contributed by atoms with van der Waals surface area (Å²) >= 11 is 0. The van der Waals surface area contributed by atoms with E-state index in [9.17, 15) is 29.4 Å². The molecule has 1 aliphatic rings. The van der Waals surface area contributed by atoms with Crippen molar-refractivity contribution >= 4 is 29.5 Å². The molecule has 4 aromatic rings. The fourth-order valence-electron chi connectivity index (χ4n) is 7.16. The Hall–Kier alpha value is -5.67. The maximum absolute atomic E-state index is 14.5. The van der Waals surface area contributed by atoms with Crippen molar-refractivity contribution in [3.8, 4) is 5.75 Å². The van der Waals surface area contributed by atoms with Gasteiger partial charge in [-0.15, -0.1) is 0 Å². The van der Waals surface area contributed by atoms with E-state index < -0.39 is 53.0 Å². The maximum atomic E-state index is 14.5. The Morgan fingerprint density at radius 2 is 1.56 bits per heavy atom. The molecule has 3 heterocycles. The molecule has 0 unspecified atom stereocenters. The van der Waals surface area contributed by atoms with Gasteiger partial charge >= 0.3 is 12.1 Å². The number of nitrogens with one attached hydrogen (secondary N) is 3. The number of aliphatic hydroxyl groups is 1. The van der Waals surface area contributed by atoms with E-state index in [1.165, 1.54) is 5.01 Å². The van der Waals surface area contributed by atoms with Crippen LogP contribution in [-0.4, -0.2) is 109 Å². The summed E-state index contributed by atoms with van der Waals surface area (Å²) in [5.41, 5.74) is 3.91. The third kappa shape index (κ3) is 11.0. The minimum absolute atomic E-state index is 0.136. The fourth-order valence-corrected chi connectivity index (χ4v) is 7.16. The molecule has 5 amide bonds. The number of hydrazine groups is 1. The van der Waals surface area contributed by atoms with Crippen LogP contribution in [0, 0.1) is 10.8 Å². The number of ether oxygens (including phenoxy) is 1. The number of pyridine rings is 1. The molecule has 0 saturated carbocycles. The molecule has 0 bridgehead atoms. The highest BCUT2D eigenvalue weighted by molar-refractivity contribution is 5.89. The lowest BCUT2D eigenvalue weighted by Gasteiger charge is -2.38. The summed E-state index contributed by atoms with van der Waals surface area (Å²) in [6, 6.07) is 19.2. The van der Waals surface area contributed by atoms with Crippen molar-refractivity contribution in [3.63, 3.8) is 0 Å². The second-order valence-corrected chi connectivity index (χ2v) is 16.7. The highest BCUT2D eigenvalue weighted by Crippen LogP contribution is 2.29. The van der Waals surface area contributed by atoms with Crippen molar-refractivity contribution in [2.24, 2.45) is 10.8 Å². The number of methoxy groups -OCH3 is 1. The van der Waals surface area contributed by atoms with Crippen molar-refractivity contribution < 1.29 is 34.1 Å². The number of carboxylic acid groups (broad SMARTS) is 1.